The van der Waals surface area contributed by atoms with Gasteiger partial charge in [-0.1, -0.05) is 18.7 Å². The minimum absolute atomic E-state index is 0.0785. The second-order valence-corrected chi connectivity index (χ2v) is 7.23. The highest BCUT2D eigenvalue weighted by molar-refractivity contribution is 7.98. The molecule has 0 unspecified atom stereocenters. The van der Waals surface area contributed by atoms with Gasteiger partial charge in [0, 0.05) is 5.69 Å². The molecule has 0 spiro atoms. The molecule has 0 radical (unpaired) electrons. The van der Waals surface area contributed by atoms with Gasteiger partial charge >= 0.3 is 6.18 Å². The summed E-state index contributed by atoms with van der Waals surface area (Å²) in [5.74, 6) is -0.999. The molecular formula is C21H19F4N3O2S. The monoisotopic (exact) mass is 453 g/mol. The van der Waals surface area contributed by atoms with Crippen molar-refractivity contribution in [2.45, 2.75) is 24.7 Å². The number of alkyl halides is 3. The van der Waals surface area contributed by atoms with Crippen molar-refractivity contribution in [3.05, 3.63) is 65.7 Å². The number of carbonyl (C=O) groups excluding carboxylic acids is 1. The summed E-state index contributed by atoms with van der Waals surface area (Å²) in [5, 5.41) is 2.96. The summed E-state index contributed by atoms with van der Waals surface area (Å²) < 4.78 is 59.9. The number of aromatic nitrogens is 2. The fraction of sp³-hybridized carbons (Fsp3) is 0.238. The molecule has 0 aliphatic heterocycles. The van der Waals surface area contributed by atoms with Crippen molar-refractivity contribution in [2.24, 2.45) is 0 Å². The van der Waals surface area contributed by atoms with E-state index in [0.29, 0.717) is 17.3 Å². The minimum atomic E-state index is -4.58. The normalized spacial score (nSPS) is 11.4. The van der Waals surface area contributed by atoms with Gasteiger partial charge in [0.25, 0.3) is 5.91 Å². The number of halogens is 4. The van der Waals surface area contributed by atoms with Crippen LogP contribution in [0, 0.1) is 5.82 Å². The predicted octanol–water partition coefficient (Wildman–Crippen LogP) is 5.79. The van der Waals surface area contributed by atoms with Crippen molar-refractivity contribution < 1.29 is 27.1 Å². The number of thioether (sulfide) groups is 1. The number of nitrogens with one attached hydrogen (secondary N) is 1. The molecule has 1 aromatic heterocycles. The molecule has 0 saturated heterocycles. The summed E-state index contributed by atoms with van der Waals surface area (Å²) in [5.41, 5.74) is -0.455. The zero-order valence-electron chi connectivity index (χ0n) is 16.7. The van der Waals surface area contributed by atoms with E-state index in [0.717, 1.165) is 12.1 Å². The van der Waals surface area contributed by atoms with Crippen LogP contribution in [0.5, 0.6) is 5.75 Å². The van der Waals surface area contributed by atoms with E-state index in [1.807, 2.05) is 6.92 Å². The molecule has 0 aliphatic carbocycles. The average Bonchev–Trinajstić information content (AvgIpc) is 3.17. The number of benzene rings is 2. The Kier molecular flexibility index (Phi) is 6.89. The molecule has 0 atom stereocenters. The summed E-state index contributed by atoms with van der Waals surface area (Å²) in [6.45, 7) is 2.13. The Balaban J connectivity index is 1.99. The number of anilines is 1. The number of ether oxygens (including phenoxy) is 1. The first-order valence-corrected chi connectivity index (χ1v) is 10.5. The van der Waals surface area contributed by atoms with Crippen LogP contribution in [0.15, 0.2) is 53.8 Å². The van der Waals surface area contributed by atoms with E-state index in [4.69, 9.17) is 4.74 Å². The Labute approximate surface area is 180 Å². The number of imidazole rings is 1. The van der Waals surface area contributed by atoms with Crippen LogP contribution in [0.25, 0.3) is 5.69 Å². The zero-order chi connectivity index (χ0) is 22.6. The van der Waals surface area contributed by atoms with Crippen molar-refractivity contribution in [3.8, 4) is 11.4 Å². The maximum Gasteiger partial charge on any atom is 0.416 e. The van der Waals surface area contributed by atoms with E-state index in [-0.39, 0.29) is 23.7 Å². The molecule has 0 bridgehead atoms. The number of carbonyl (C=O) groups is 1. The van der Waals surface area contributed by atoms with Gasteiger partial charge in [-0.15, -0.1) is 0 Å². The third-order valence-corrected chi connectivity index (χ3v) is 4.90. The van der Waals surface area contributed by atoms with Gasteiger partial charge in [0.2, 0.25) is 0 Å². The van der Waals surface area contributed by atoms with Crippen LogP contribution in [0.4, 0.5) is 23.2 Å². The summed E-state index contributed by atoms with van der Waals surface area (Å²) >= 11 is 1.26. The highest BCUT2D eigenvalue weighted by Gasteiger charge is 2.31. The van der Waals surface area contributed by atoms with Crippen LogP contribution >= 0.6 is 11.8 Å². The van der Waals surface area contributed by atoms with Crippen LogP contribution in [-0.2, 0) is 6.18 Å². The number of hydrogen-bond donors (Lipinski definition) is 1. The Bertz CT molecular complexity index is 1070. The minimum Gasteiger partial charge on any atom is -0.491 e. The standard InChI is InChI=1S/C21H19F4N3O2S/c1-3-10-30-18-9-4-13(21(23,24)25)11-16(18)27-19(29)17-12-26-20(31-2)28(17)15-7-5-14(22)6-8-15/h4-9,11-12H,3,10H2,1-2H3,(H,27,29). The second-order valence-electron chi connectivity index (χ2n) is 6.45. The molecule has 2 aromatic carbocycles. The maximum atomic E-state index is 13.3. The van der Waals surface area contributed by atoms with E-state index in [1.54, 1.807) is 6.26 Å². The van der Waals surface area contributed by atoms with Gasteiger partial charge < -0.3 is 10.1 Å². The molecule has 0 saturated carbocycles. The predicted molar refractivity (Wildman–Crippen MR) is 110 cm³/mol. The van der Waals surface area contributed by atoms with Crippen LogP contribution in [0.1, 0.15) is 29.4 Å². The zero-order valence-corrected chi connectivity index (χ0v) is 17.5. The lowest BCUT2D eigenvalue weighted by molar-refractivity contribution is -0.137. The number of amides is 1. The third-order valence-electron chi connectivity index (χ3n) is 4.25. The van der Waals surface area contributed by atoms with Crippen molar-refractivity contribution >= 4 is 23.4 Å². The highest BCUT2D eigenvalue weighted by atomic mass is 32.2. The first kappa shape index (κ1) is 22.7. The Hall–Kier alpha value is -3.01. The summed E-state index contributed by atoms with van der Waals surface area (Å²) in [4.78, 5) is 17.2. The smallest absolute Gasteiger partial charge is 0.416 e. The van der Waals surface area contributed by atoms with Gasteiger partial charge in [-0.25, -0.2) is 9.37 Å². The summed E-state index contributed by atoms with van der Waals surface area (Å²) in [6, 6.07) is 8.35. The molecule has 0 aliphatic rings. The molecule has 3 aromatic rings. The molecule has 5 nitrogen and oxygen atoms in total. The van der Waals surface area contributed by atoms with Crippen molar-refractivity contribution in [1.29, 1.82) is 0 Å². The topological polar surface area (TPSA) is 56.1 Å². The first-order chi connectivity index (χ1) is 14.7. The molecule has 0 fully saturated rings. The van der Waals surface area contributed by atoms with Crippen molar-refractivity contribution in [3.63, 3.8) is 0 Å². The fourth-order valence-electron chi connectivity index (χ4n) is 2.81. The van der Waals surface area contributed by atoms with Gasteiger partial charge in [0.05, 0.1) is 24.1 Å². The van der Waals surface area contributed by atoms with Crippen LogP contribution in [0.2, 0.25) is 0 Å². The van der Waals surface area contributed by atoms with Crippen LogP contribution in [-0.4, -0.2) is 28.3 Å². The van der Waals surface area contributed by atoms with Crippen LogP contribution in [0.3, 0.4) is 0 Å². The fourth-order valence-corrected chi connectivity index (χ4v) is 3.35. The first-order valence-electron chi connectivity index (χ1n) is 9.27. The molecule has 164 valence electrons. The van der Waals surface area contributed by atoms with E-state index < -0.39 is 23.5 Å². The second kappa shape index (κ2) is 9.42. The molecule has 10 heteroatoms. The lowest BCUT2D eigenvalue weighted by Gasteiger charge is -2.16. The molecular weight excluding hydrogens is 434 g/mol. The number of nitrogens with zero attached hydrogens (tertiary/aromatic N) is 2. The number of hydrogen-bond acceptors (Lipinski definition) is 4. The number of rotatable bonds is 7. The van der Waals surface area contributed by atoms with Gasteiger partial charge in [-0.3, -0.25) is 9.36 Å². The highest BCUT2D eigenvalue weighted by Crippen LogP contribution is 2.35. The van der Waals surface area contributed by atoms with E-state index in [2.05, 4.69) is 10.3 Å². The lowest BCUT2D eigenvalue weighted by atomic mass is 10.1. The summed E-state index contributed by atoms with van der Waals surface area (Å²) in [6.07, 6.45) is -0.869. The molecule has 1 amide bonds. The quantitative estimate of drug-likeness (QED) is 0.363. The van der Waals surface area contributed by atoms with E-state index in [1.165, 1.54) is 52.9 Å². The summed E-state index contributed by atoms with van der Waals surface area (Å²) in [7, 11) is 0. The SMILES string of the molecule is CCCOc1ccc(C(F)(F)F)cc1NC(=O)c1cnc(SC)n1-c1ccc(F)cc1. The van der Waals surface area contributed by atoms with Gasteiger partial charge in [-0.05, 0) is 55.1 Å². The molecule has 1 N–H and O–H groups in total. The van der Waals surface area contributed by atoms with Gasteiger partial charge in [0.15, 0.2) is 5.16 Å². The lowest BCUT2D eigenvalue weighted by Crippen LogP contribution is -2.18. The largest absolute Gasteiger partial charge is 0.491 e. The molecule has 31 heavy (non-hydrogen) atoms. The Morgan fingerprint density at radius 2 is 1.90 bits per heavy atom. The van der Waals surface area contributed by atoms with Crippen molar-refractivity contribution in [2.75, 3.05) is 18.2 Å². The average molecular weight is 453 g/mol. The Morgan fingerprint density at radius 1 is 1.19 bits per heavy atom. The maximum absolute atomic E-state index is 13.3. The Morgan fingerprint density at radius 3 is 2.52 bits per heavy atom. The molecule has 1 heterocycles. The van der Waals surface area contributed by atoms with E-state index in [9.17, 15) is 22.4 Å². The van der Waals surface area contributed by atoms with Crippen LogP contribution < -0.4 is 10.1 Å². The third kappa shape index (κ3) is 5.19. The van der Waals surface area contributed by atoms with Gasteiger partial charge in [0.1, 0.15) is 17.3 Å². The van der Waals surface area contributed by atoms with Gasteiger partial charge in [-0.2, -0.15) is 13.2 Å². The molecule has 3 rings (SSSR count). The van der Waals surface area contributed by atoms with Crippen molar-refractivity contribution in [1.82, 2.24) is 9.55 Å². The van der Waals surface area contributed by atoms with E-state index >= 15 is 0 Å².